The highest BCUT2D eigenvalue weighted by molar-refractivity contribution is 7.92. The van der Waals surface area contributed by atoms with Gasteiger partial charge in [0.1, 0.15) is 12.4 Å². The van der Waals surface area contributed by atoms with E-state index in [9.17, 15) is 8.42 Å². The van der Waals surface area contributed by atoms with E-state index in [0.29, 0.717) is 31.2 Å². The van der Waals surface area contributed by atoms with Crippen molar-refractivity contribution in [1.29, 1.82) is 0 Å². The Bertz CT molecular complexity index is 527. The number of anilines is 1. The van der Waals surface area contributed by atoms with Crippen molar-refractivity contribution >= 4 is 15.7 Å². The average Bonchev–Trinajstić information content (AvgIpc) is 2.88. The van der Waals surface area contributed by atoms with E-state index in [4.69, 9.17) is 15.2 Å². The van der Waals surface area contributed by atoms with Gasteiger partial charge in [-0.25, -0.2) is 8.42 Å². The van der Waals surface area contributed by atoms with Crippen molar-refractivity contribution in [3.63, 3.8) is 0 Å². The summed E-state index contributed by atoms with van der Waals surface area (Å²) in [7, 11) is -3.41. The highest BCUT2D eigenvalue weighted by atomic mass is 32.2. The van der Waals surface area contributed by atoms with Gasteiger partial charge in [-0.1, -0.05) is 6.07 Å². The number of ether oxygens (including phenoxy) is 2. The molecule has 0 aliphatic carbocycles. The van der Waals surface area contributed by atoms with Crippen molar-refractivity contribution in [3.05, 3.63) is 24.3 Å². The molecule has 0 spiro atoms. The number of sulfonamides is 1. The molecule has 1 heterocycles. The third kappa shape index (κ3) is 4.66. The normalized spacial score (nSPS) is 18.9. The second-order valence-corrected chi connectivity index (χ2v) is 6.45. The first-order valence-electron chi connectivity index (χ1n) is 6.64. The lowest BCUT2D eigenvalue weighted by molar-refractivity contribution is 0.127. The van der Waals surface area contributed by atoms with Crippen molar-refractivity contribution in [2.24, 2.45) is 5.73 Å². The van der Waals surface area contributed by atoms with Gasteiger partial charge < -0.3 is 15.2 Å². The number of benzene rings is 1. The van der Waals surface area contributed by atoms with E-state index in [1.807, 2.05) is 0 Å². The molecule has 2 rings (SSSR count). The molecular weight excluding hydrogens is 280 g/mol. The maximum absolute atomic E-state index is 12.0. The quantitative estimate of drug-likeness (QED) is 0.782. The van der Waals surface area contributed by atoms with E-state index in [2.05, 4.69) is 4.72 Å². The predicted octanol–water partition coefficient (Wildman–Crippen LogP) is 0.945. The molecule has 1 aromatic carbocycles. The minimum atomic E-state index is -3.41. The van der Waals surface area contributed by atoms with Crippen LogP contribution in [0, 0.1) is 0 Å². The van der Waals surface area contributed by atoms with E-state index in [-0.39, 0.29) is 11.9 Å². The van der Waals surface area contributed by atoms with Crippen LogP contribution >= 0.6 is 0 Å². The van der Waals surface area contributed by atoms with Crippen LogP contribution in [0.4, 0.5) is 5.69 Å². The van der Waals surface area contributed by atoms with Gasteiger partial charge in [0.2, 0.25) is 10.0 Å². The molecule has 0 aromatic heterocycles. The SMILES string of the molecule is NCCOc1cccc(NS(=O)(=O)CC2CCCO2)c1. The smallest absolute Gasteiger partial charge is 0.235 e. The molecule has 7 heteroatoms. The van der Waals surface area contributed by atoms with Crippen LogP contribution in [0.15, 0.2) is 24.3 Å². The Morgan fingerprint density at radius 3 is 3.00 bits per heavy atom. The molecule has 0 amide bonds. The van der Waals surface area contributed by atoms with Gasteiger partial charge in [-0.3, -0.25) is 4.72 Å². The lowest BCUT2D eigenvalue weighted by Gasteiger charge is -2.13. The molecule has 3 N–H and O–H groups in total. The standard InChI is InChI=1S/C13H20N2O4S/c14-6-8-19-12-4-1-3-11(9-12)15-20(16,17)10-13-5-2-7-18-13/h1,3-4,9,13,15H,2,5-8,10,14H2. The third-order valence-electron chi connectivity index (χ3n) is 2.92. The minimum Gasteiger partial charge on any atom is -0.492 e. The van der Waals surface area contributed by atoms with Crippen LogP contribution in [0.2, 0.25) is 0 Å². The molecule has 112 valence electrons. The Morgan fingerprint density at radius 2 is 2.30 bits per heavy atom. The predicted molar refractivity (Wildman–Crippen MR) is 77.4 cm³/mol. The topological polar surface area (TPSA) is 90.6 Å². The zero-order valence-corrected chi connectivity index (χ0v) is 12.1. The van der Waals surface area contributed by atoms with Crippen LogP contribution in [0.25, 0.3) is 0 Å². The molecule has 1 aliphatic rings. The van der Waals surface area contributed by atoms with E-state index >= 15 is 0 Å². The fourth-order valence-electron chi connectivity index (χ4n) is 2.07. The number of nitrogens with two attached hydrogens (primary N) is 1. The molecule has 0 saturated carbocycles. The molecule has 6 nitrogen and oxygen atoms in total. The van der Waals surface area contributed by atoms with Gasteiger partial charge in [-0.05, 0) is 25.0 Å². The van der Waals surface area contributed by atoms with E-state index in [1.54, 1.807) is 24.3 Å². The fourth-order valence-corrected chi connectivity index (χ4v) is 3.39. The second-order valence-electron chi connectivity index (χ2n) is 4.68. The number of nitrogens with one attached hydrogen (secondary N) is 1. The highest BCUT2D eigenvalue weighted by Crippen LogP contribution is 2.20. The molecular formula is C13H20N2O4S. The van der Waals surface area contributed by atoms with Crippen LogP contribution in [0.5, 0.6) is 5.75 Å². The lowest BCUT2D eigenvalue weighted by atomic mass is 10.3. The van der Waals surface area contributed by atoms with E-state index < -0.39 is 10.0 Å². The van der Waals surface area contributed by atoms with Gasteiger partial charge in [0.25, 0.3) is 0 Å². The van der Waals surface area contributed by atoms with Crippen molar-refractivity contribution in [2.75, 3.05) is 30.2 Å². The number of hydrogen-bond acceptors (Lipinski definition) is 5. The highest BCUT2D eigenvalue weighted by Gasteiger charge is 2.23. The summed E-state index contributed by atoms with van der Waals surface area (Å²) in [4.78, 5) is 0. The number of hydrogen-bond donors (Lipinski definition) is 2. The van der Waals surface area contributed by atoms with Crippen LogP contribution in [-0.4, -0.2) is 40.0 Å². The maximum atomic E-state index is 12.0. The summed E-state index contributed by atoms with van der Waals surface area (Å²) in [6, 6.07) is 6.81. The summed E-state index contributed by atoms with van der Waals surface area (Å²) in [6.45, 7) is 1.45. The molecule has 1 aliphatic heterocycles. The molecule has 1 unspecified atom stereocenters. The Kier molecular flexibility index (Phi) is 5.22. The molecule has 1 fully saturated rings. The van der Waals surface area contributed by atoms with Gasteiger partial charge in [0.05, 0.1) is 17.5 Å². The summed E-state index contributed by atoms with van der Waals surface area (Å²) in [5, 5.41) is 0. The maximum Gasteiger partial charge on any atom is 0.235 e. The third-order valence-corrected chi connectivity index (χ3v) is 4.28. The van der Waals surface area contributed by atoms with Crippen LogP contribution in [0.1, 0.15) is 12.8 Å². The Morgan fingerprint density at radius 1 is 1.45 bits per heavy atom. The monoisotopic (exact) mass is 300 g/mol. The first-order valence-corrected chi connectivity index (χ1v) is 8.29. The van der Waals surface area contributed by atoms with E-state index in [1.165, 1.54) is 0 Å². The zero-order chi connectivity index (χ0) is 14.4. The summed E-state index contributed by atoms with van der Waals surface area (Å²) < 4.78 is 37.3. The Balaban J connectivity index is 1.97. The summed E-state index contributed by atoms with van der Waals surface area (Å²) in [6.07, 6.45) is 1.51. The van der Waals surface area contributed by atoms with Gasteiger partial charge in [0.15, 0.2) is 0 Å². The van der Waals surface area contributed by atoms with Gasteiger partial charge in [-0.2, -0.15) is 0 Å². The van der Waals surface area contributed by atoms with Crippen LogP contribution in [0.3, 0.4) is 0 Å². The first-order chi connectivity index (χ1) is 9.59. The Hall–Kier alpha value is -1.31. The summed E-state index contributed by atoms with van der Waals surface area (Å²) >= 11 is 0. The van der Waals surface area contributed by atoms with Crippen LogP contribution in [-0.2, 0) is 14.8 Å². The largest absolute Gasteiger partial charge is 0.492 e. The zero-order valence-electron chi connectivity index (χ0n) is 11.2. The van der Waals surface area contributed by atoms with Gasteiger partial charge >= 0.3 is 0 Å². The van der Waals surface area contributed by atoms with Gasteiger partial charge in [-0.15, -0.1) is 0 Å². The molecule has 1 aromatic rings. The average molecular weight is 300 g/mol. The molecule has 0 bridgehead atoms. The second kappa shape index (κ2) is 6.92. The van der Waals surface area contributed by atoms with E-state index in [0.717, 1.165) is 12.8 Å². The minimum absolute atomic E-state index is 0.0130. The van der Waals surface area contributed by atoms with Crippen LogP contribution < -0.4 is 15.2 Å². The molecule has 0 radical (unpaired) electrons. The lowest BCUT2D eigenvalue weighted by Crippen LogP contribution is -2.25. The summed E-state index contributed by atoms with van der Waals surface area (Å²) in [5.74, 6) is 0.578. The number of rotatable bonds is 7. The van der Waals surface area contributed by atoms with Gasteiger partial charge in [0, 0.05) is 19.2 Å². The molecule has 20 heavy (non-hydrogen) atoms. The summed E-state index contributed by atoms with van der Waals surface area (Å²) in [5.41, 5.74) is 5.84. The van der Waals surface area contributed by atoms with Crippen molar-refractivity contribution < 1.29 is 17.9 Å². The molecule has 1 atom stereocenters. The first kappa shape index (κ1) is 15.1. The van der Waals surface area contributed by atoms with Crippen molar-refractivity contribution in [2.45, 2.75) is 18.9 Å². The van der Waals surface area contributed by atoms with Crippen molar-refractivity contribution in [3.8, 4) is 5.75 Å². The fraction of sp³-hybridized carbons (Fsp3) is 0.538. The van der Waals surface area contributed by atoms with Crippen molar-refractivity contribution in [1.82, 2.24) is 0 Å². The molecule has 1 saturated heterocycles. The Labute approximate surface area is 119 Å².